The molecule has 0 aliphatic heterocycles. The first-order valence-corrected chi connectivity index (χ1v) is 6.98. The van der Waals surface area contributed by atoms with Gasteiger partial charge in [0.15, 0.2) is 5.78 Å². The monoisotopic (exact) mass is 280 g/mol. The first-order chi connectivity index (χ1) is 9.09. The minimum atomic E-state index is -0.781. The average Bonchev–Trinajstić information content (AvgIpc) is 2.39. The van der Waals surface area contributed by atoms with Gasteiger partial charge in [0.2, 0.25) is 0 Å². The minimum absolute atomic E-state index is 0.0521. The van der Waals surface area contributed by atoms with Crippen molar-refractivity contribution in [3.8, 4) is 0 Å². The molecule has 0 radical (unpaired) electrons. The molecule has 102 valence electrons. The highest BCUT2D eigenvalue weighted by Gasteiger charge is 2.32. The molecule has 1 fully saturated rings. The molecular formula is C15H17ClO3. The minimum Gasteiger partial charge on any atom is -0.481 e. The van der Waals surface area contributed by atoms with E-state index in [1.807, 2.05) is 0 Å². The summed E-state index contributed by atoms with van der Waals surface area (Å²) in [4.78, 5) is 23.4. The van der Waals surface area contributed by atoms with E-state index in [0.717, 1.165) is 19.3 Å². The lowest BCUT2D eigenvalue weighted by Crippen LogP contribution is -2.28. The lowest BCUT2D eigenvalue weighted by atomic mass is 9.76. The lowest BCUT2D eigenvalue weighted by molar-refractivity contribution is -0.144. The predicted octanol–water partition coefficient (Wildman–Crippen LogP) is 3.80. The highest BCUT2D eigenvalue weighted by molar-refractivity contribution is 6.33. The maximum absolute atomic E-state index is 12.2. The van der Waals surface area contributed by atoms with Gasteiger partial charge in [-0.05, 0) is 30.9 Å². The smallest absolute Gasteiger partial charge is 0.306 e. The molecule has 0 aromatic heterocycles. The molecule has 0 spiro atoms. The van der Waals surface area contributed by atoms with E-state index in [2.05, 4.69) is 0 Å². The van der Waals surface area contributed by atoms with Gasteiger partial charge >= 0.3 is 5.97 Å². The summed E-state index contributed by atoms with van der Waals surface area (Å²) in [5.41, 5.74) is 0.499. The van der Waals surface area contributed by atoms with E-state index in [1.165, 1.54) is 0 Å². The van der Waals surface area contributed by atoms with Crippen molar-refractivity contribution in [1.29, 1.82) is 0 Å². The summed E-state index contributed by atoms with van der Waals surface area (Å²) in [7, 11) is 0. The summed E-state index contributed by atoms with van der Waals surface area (Å²) >= 11 is 6.00. The number of benzene rings is 1. The number of halogens is 1. The van der Waals surface area contributed by atoms with E-state index in [9.17, 15) is 14.7 Å². The second-order valence-corrected chi connectivity index (χ2v) is 5.50. The molecule has 19 heavy (non-hydrogen) atoms. The van der Waals surface area contributed by atoms with E-state index >= 15 is 0 Å². The Balaban J connectivity index is 2.09. The number of rotatable bonds is 4. The largest absolute Gasteiger partial charge is 0.481 e. The van der Waals surface area contributed by atoms with Gasteiger partial charge in [-0.15, -0.1) is 0 Å². The van der Waals surface area contributed by atoms with Crippen LogP contribution in [0.1, 0.15) is 42.5 Å². The molecule has 2 rings (SSSR count). The Labute approximate surface area is 117 Å². The number of ketones is 1. The van der Waals surface area contributed by atoms with Crippen molar-refractivity contribution >= 4 is 23.4 Å². The number of hydrogen-bond donors (Lipinski definition) is 1. The van der Waals surface area contributed by atoms with Crippen molar-refractivity contribution in [2.45, 2.75) is 32.1 Å². The van der Waals surface area contributed by atoms with Crippen LogP contribution in [0, 0.1) is 11.8 Å². The molecule has 1 aliphatic rings. The van der Waals surface area contributed by atoms with Crippen molar-refractivity contribution in [2.24, 2.45) is 11.8 Å². The van der Waals surface area contributed by atoms with Crippen LogP contribution in [0.25, 0.3) is 0 Å². The molecule has 0 heterocycles. The van der Waals surface area contributed by atoms with Crippen LogP contribution in [0.5, 0.6) is 0 Å². The summed E-state index contributed by atoms with van der Waals surface area (Å²) in [5, 5.41) is 9.65. The van der Waals surface area contributed by atoms with Crippen LogP contribution in [-0.4, -0.2) is 16.9 Å². The fourth-order valence-corrected chi connectivity index (χ4v) is 3.05. The van der Waals surface area contributed by atoms with E-state index in [-0.39, 0.29) is 24.0 Å². The Bertz CT molecular complexity index is 484. The third-order valence-electron chi connectivity index (χ3n) is 3.85. The summed E-state index contributed by atoms with van der Waals surface area (Å²) in [5.74, 6) is -1.28. The van der Waals surface area contributed by atoms with Crippen molar-refractivity contribution in [3.63, 3.8) is 0 Å². The molecule has 3 nitrogen and oxygen atoms in total. The second kappa shape index (κ2) is 6.20. The van der Waals surface area contributed by atoms with Crippen LogP contribution in [0.4, 0.5) is 0 Å². The van der Waals surface area contributed by atoms with Crippen molar-refractivity contribution < 1.29 is 14.7 Å². The predicted molar refractivity (Wildman–Crippen MR) is 73.5 cm³/mol. The molecule has 1 saturated carbocycles. The molecule has 0 unspecified atom stereocenters. The van der Waals surface area contributed by atoms with Crippen molar-refractivity contribution in [1.82, 2.24) is 0 Å². The summed E-state index contributed by atoms with van der Waals surface area (Å²) < 4.78 is 0. The summed E-state index contributed by atoms with van der Waals surface area (Å²) in [6, 6.07) is 6.93. The van der Waals surface area contributed by atoms with E-state index in [1.54, 1.807) is 24.3 Å². The lowest BCUT2D eigenvalue weighted by Gasteiger charge is -2.28. The fraction of sp³-hybridized carbons (Fsp3) is 0.467. The average molecular weight is 281 g/mol. The molecule has 0 amide bonds. The number of carboxylic acid groups (broad SMARTS) is 1. The Morgan fingerprint density at radius 3 is 2.58 bits per heavy atom. The van der Waals surface area contributed by atoms with Gasteiger partial charge in [0.25, 0.3) is 0 Å². The van der Waals surface area contributed by atoms with Gasteiger partial charge in [0.1, 0.15) is 0 Å². The van der Waals surface area contributed by atoms with Crippen molar-refractivity contribution in [2.75, 3.05) is 0 Å². The third-order valence-corrected chi connectivity index (χ3v) is 4.18. The summed E-state index contributed by atoms with van der Waals surface area (Å²) in [6.07, 6.45) is 3.71. The highest BCUT2D eigenvalue weighted by Crippen LogP contribution is 2.34. The van der Waals surface area contributed by atoms with Gasteiger partial charge in [-0.25, -0.2) is 0 Å². The van der Waals surface area contributed by atoms with Gasteiger partial charge < -0.3 is 5.11 Å². The topological polar surface area (TPSA) is 54.4 Å². The van der Waals surface area contributed by atoms with Crippen LogP contribution in [0.15, 0.2) is 24.3 Å². The van der Waals surface area contributed by atoms with E-state index in [0.29, 0.717) is 17.0 Å². The number of hydrogen-bond acceptors (Lipinski definition) is 2. The molecule has 4 heteroatoms. The number of Topliss-reactive ketones (excluding diaryl/α,β-unsaturated/α-hetero) is 1. The van der Waals surface area contributed by atoms with Crippen molar-refractivity contribution in [3.05, 3.63) is 34.9 Å². The van der Waals surface area contributed by atoms with Crippen LogP contribution in [-0.2, 0) is 4.79 Å². The standard InChI is InChI=1S/C15H17ClO3/c16-13-8-4-3-7-12(13)14(17)9-10-5-1-2-6-11(10)15(18)19/h3-4,7-8,10-11H,1-2,5-6,9H2,(H,18,19)/t10-,11-/m1/s1. The molecule has 0 bridgehead atoms. The van der Waals surface area contributed by atoms with Crippen LogP contribution in [0.3, 0.4) is 0 Å². The third kappa shape index (κ3) is 3.35. The van der Waals surface area contributed by atoms with Crippen LogP contribution in [0.2, 0.25) is 5.02 Å². The van der Waals surface area contributed by atoms with Gasteiger partial charge in [-0.3, -0.25) is 9.59 Å². The zero-order chi connectivity index (χ0) is 13.8. The second-order valence-electron chi connectivity index (χ2n) is 5.10. The highest BCUT2D eigenvalue weighted by atomic mass is 35.5. The molecule has 0 saturated heterocycles. The van der Waals surface area contributed by atoms with Gasteiger partial charge in [-0.2, -0.15) is 0 Å². The number of aliphatic carboxylic acids is 1. The summed E-state index contributed by atoms with van der Waals surface area (Å²) in [6.45, 7) is 0. The van der Waals surface area contributed by atoms with Gasteiger partial charge in [0.05, 0.1) is 10.9 Å². The molecule has 1 aromatic carbocycles. The first-order valence-electron chi connectivity index (χ1n) is 6.60. The van der Waals surface area contributed by atoms with Gasteiger partial charge in [0, 0.05) is 12.0 Å². The number of carbonyl (C=O) groups is 2. The molecular weight excluding hydrogens is 264 g/mol. The van der Waals surface area contributed by atoms with Gasteiger partial charge in [-0.1, -0.05) is 36.6 Å². The zero-order valence-corrected chi connectivity index (χ0v) is 11.4. The zero-order valence-electron chi connectivity index (χ0n) is 10.6. The fourth-order valence-electron chi connectivity index (χ4n) is 2.81. The van der Waals surface area contributed by atoms with E-state index < -0.39 is 5.97 Å². The number of carbonyl (C=O) groups excluding carboxylic acids is 1. The quantitative estimate of drug-likeness (QED) is 0.854. The van der Waals surface area contributed by atoms with Crippen LogP contribution < -0.4 is 0 Å². The molecule has 2 atom stereocenters. The maximum atomic E-state index is 12.2. The first kappa shape index (κ1) is 14.1. The Kier molecular flexibility index (Phi) is 4.59. The molecule has 1 N–H and O–H groups in total. The normalized spacial score (nSPS) is 23.0. The number of carboxylic acids is 1. The Morgan fingerprint density at radius 1 is 1.21 bits per heavy atom. The Hall–Kier alpha value is -1.35. The SMILES string of the molecule is O=C(C[C@H]1CCCC[C@H]1C(=O)O)c1ccccc1Cl. The molecule has 1 aliphatic carbocycles. The van der Waals surface area contributed by atoms with Crippen LogP contribution >= 0.6 is 11.6 Å². The van der Waals surface area contributed by atoms with E-state index in [4.69, 9.17) is 11.6 Å². The Morgan fingerprint density at radius 2 is 1.89 bits per heavy atom. The molecule has 1 aromatic rings. The maximum Gasteiger partial charge on any atom is 0.306 e.